The first-order chi connectivity index (χ1) is 16.4. The van der Waals surface area contributed by atoms with Crippen LogP contribution in [0.1, 0.15) is 23.5 Å². The van der Waals surface area contributed by atoms with E-state index >= 15 is 0 Å². The molecule has 1 atom stereocenters. The molecule has 0 bridgehead atoms. The van der Waals surface area contributed by atoms with E-state index in [9.17, 15) is 19.8 Å². The van der Waals surface area contributed by atoms with Crippen molar-refractivity contribution in [2.75, 3.05) is 14.2 Å². The molecule has 0 unspecified atom stereocenters. The van der Waals surface area contributed by atoms with Crippen molar-refractivity contribution < 1.29 is 33.6 Å². The lowest BCUT2D eigenvalue weighted by Gasteiger charge is -2.27. The summed E-state index contributed by atoms with van der Waals surface area (Å²) in [6.07, 6.45) is 1.27. The zero-order valence-corrected chi connectivity index (χ0v) is 18.3. The molecule has 4 aromatic rings. The van der Waals surface area contributed by atoms with E-state index in [0.717, 1.165) is 0 Å². The minimum absolute atomic E-state index is 0.0279. The zero-order chi connectivity index (χ0) is 24.0. The summed E-state index contributed by atoms with van der Waals surface area (Å²) in [6.45, 7) is 0. The number of hydrogen-bond acceptors (Lipinski definition) is 8. The fourth-order valence-corrected chi connectivity index (χ4v) is 4.35. The summed E-state index contributed by atoms with van der Waals surface area (Å²) < 4.78 is 22.2. The van der Waals surface area contributed by atoms with Crippen molar-refractivity contribution in [2.45, 2.75) is 12.3 Å². The van der Waals surface area contributed by atoms with Crippen LogP contribution in [0.15, 0.2) is 64.0 Å². The van der Waals surface area contributed by atoms with Crippen molar-refractivity contribution >= 4 is 16.9 Å². The molecule has 0 fully saturated rings. The fourth-order valence-electron chi connectivity index (χ4n) is 4.35. The predicted octanol–water partition coefficient (Wildman–Crippen LogP) is 4.33. The van der Waals surface area contributed by atoms with Gasteiger partial charge in [0.2, 0.25) is 5.43 Å². The summed E-state index contributed by atoms with van der Waals surface area (Å²) >= 11 is 0. The number of ether oxygens (including phenoxy) is 3. The highest BCUT2D eigenvalue weighted by Gasteiger charge is 2.35. The molecule has 0 radical (unpaired) electrons. The second-order valence-electron chi connectivity index (χ2n) is 7.88. The molecule has 3 aromatic carbocycles. The first-order valence-corrected chi connectivity index (χ1v) is 10.4. The third kappa shape index (κ3) is 3.40. The Morgan fingerprint density at radius 2 is 1.74 bits per heavy atom. The van der Waals surface area contributed by atoms with Gasteiger partial charge in [0.05, 0.1) is 26.2 Å². The van der Waals surface area contributed by atoms with Crippen LogP contribution in [0.2, 0.25) is 0 Å². The largest absolute Gasteiger partial charge is 0.508 e. The highest BCUT2D eigenvalue weighted by Crippen LogP contribution is 2.48. The van der Waals surface area contributed by atoms with Gasteiger partial charge >= 0.3 is 5.97 Å². The molecule has 34 heavy (non-hydrogen) atoms. The van der Waals surface area contributed by atoms with E-state index in [1.54, 1.807) is 30.3 Å². The van der Waals surface area contributed by atoms with Crippen molar-refractivity contribution in [1.29, 1.82) is 0 Å². The maximum Gasteiger partial charge on any atom is 0.312 e. The average Bonchev–Trinajstić information content (AvgIpc) is 2.83. The summed E-state index contributed by atoms with van der Waals surface area (Å²) in [7, 11) is 3.05. The first kappa shape index (κ1) is 21.4. The minimum atomic E-state index is -0.577. The normalized spacial score (nSPS) is 15.0. The zero-order valence-electron chi connectivity index (χ0n) is 18.3. The van der Waals surface area contributed by atoms with Crippen LogP contribution >= 0.6 is 0 Å². The second kappa shape index (κ2) is 8.15. The number of fused-ring (bicyclic) bond motifs is 3. The van der Waals surface area contributed by atoms with E-state index in [0.29, 0.717) is 28.2 Å². The Hall–Kier alpha value is -4.46. The molecule has 5 rings (SSSR count). The monoisotopic (exact) mass is 460 g/mol. The van der Waals surface area contributed by atoms with Crippen molar-refractivity contribution in [3.05, 3.63) is 76.1 Å². The van der Waals surface area contributed by atoms with E-state index in [1.165, 1.54) is 38.7 Å². The van der Waals surface area contributed by atoms with Gasteiger partial charge < -0.3 is 28.8 Å². The molecule has 0 spiro atoms. The second-order valence-corrected chi connectivity index (χ2v) is 7.88. The van der Waals surface area contributed by atoms with Crippen LogP contribution in [-0.2, 0) is 4.79 Å². The molecule has 0 saturated carbocycles. The van der Waals surface area contributed by atoms with E-state index in [-0.39, 0.29) is 40.2 Å². The summed E-state index contributed by atoms with van der Waals surface area (Å²) in [5, 5.41) is 20.2. The first-order valence-electron chi connectivity index (χ1n) is 10.4. The number of hydrogen-bond donors (Lipinski definition) is 2. The van der Waals surface area contributed by atoms with E-state index in [4.69, 9.17) is 18.6 Å². The molecular formula is C26H20O8. The molecule has 0 amide bonds. The Kier molecular flexibility index (Phi) is 5.13. The lowest BCUT2D eigenvalue weighted by atomic mass is 9.84. The number of aromatic hydroxyl groups is 2. The lowest BCUT2D eigenvalue weighted by molar-refractivity contribution is -0.135. The minimum Gasteiger partial charge on any atom is -0.508 e. The van der Waals surface area contributed by atoms with Gasteiger partial charge in [-0.15, -0.1) is 0 Å². The number of carbonyl (C=O) groups is 1. The van der Waals surface area contributed by atoms with Gasteiger partial charge in [-0.25, -0.2) is 0 Å². The van der Waals surface area contributed by atoms with Gasteiger partial charge in [0, 0.05) is 23.1 Å². The number of phenols is 2. The van der Waals surface area contributed by atoms with Gasteiger partial charge in [-0.3, -0.25) is 9.59 Å². The van der Waals surface area contributed by atoms with Crippen molar-refractivity contribution in [1.82, 2.24) is 0 Å². The van der Waals surface area contributed by atoms with Crippen LogP contribution in [0.3, 0.4) is 0 Å². The lowest BCUT2D eigenvalue weighted by Crippen LogP contribution is -2.22. The molecule has 0 aliphatic carbocycles. The summed E-state index contributed by atoms with van der Waals surface area (Å²) in [5.41, 5.74) is 1.49. The molecule has 0 saturated heterocycles. The Morgan fingerprint density at radius 1 is 0.971 bits per heavy atom. The number of rotatable bonds is 4. The Bertz CT molecular complexity index is 1480. The quantitative estimate of drug-likeness (QED) is 0.342. The molecule has 1 aliphatic heterocycles. The third-order valence-corrected chi connectivity index (χ3v) is 5.96. The summed E-state index contributed by atoms with van der Waals surface area (Å²) in [4.78, 5) is 25.9. The Balaban J connectivity index is 1.79. The topological polar surface area (TPSA) is 115 Å². The average molecular weight is 460 g/mol. The molecular weight excluding hydrogens is 440 g/mol. The maximum absolute atomic E-state index is 13.4. The van der Waals surface area contributed by atoms with Crippen LogP contribution in [0, 0.1) is 0 Å². The molecule has 8 nitrogen and oxygen atoms in total. The SMILES string of the molecule is COc1ccc(OC)c([C@@H]2CC(=O)Oc3cc(O)c4c(=O)c(-c5ccc(O)cc5)coc4c32)c1. The number of esters is 1. The van der Waals surface area contributed by atoms with Crippen molar-refractivity contribution in [3.8, 4) is 39.9 Å². The van der Waals surface area contributed by atoms with Crippen LogP contribution < -0.4 is 19.6 Å². The standard InChI is InChI=1S/C26H20O8/c1-31-15-7-8-20(32-2)16(9-15)17-10-22(29)34-21-11-19(28)24-25(30)18(12-33-26(24)23(17)21)13-3-5-14(27)6-4-13/h3-9,11-12,17,27-28H,10H2,1-2H3/t17-/m0/s1. The number of carbonyl (C=O) groups excluding carboxylic acids is 1. The van der Waals surface area contributed by atoms with Crippen molar-refractivity contribution in [2.24, 2.45) is 0 Å². The molecule has 172 valence electrons. The number of phenolic OH excluding ortho intramolecular Hbond substituents is 2. The van der Waals surface area contributed by atoms with E-state index < -0.39 is 17.3 Å². The van der Waals surface area contributed by atoms with Gasteiger partial charge in [-0.1, -0.05) is 12.1 Å². The highest BCUT2D eigenvalue weighted by atomic mass is 16.5. The molecule has 8 heteroatoms. The van der Waals surface area contributed by atoms with Gasteiger partial charge in [0.1, 0.15) is 46.0 Å². The highest BCUT2D eigenvalue weighted by molar-refractivity contribution is 5.94. The van der Waals surface area contributed by atoms with E-state index in [1.807, 2.05) is 0 Å². The fraction of sp³-hybridized carbons (Fsp3) is 0.154. The van der Waals surface area contributed by atoms with Crippen molar-refractivity contribution in [3.63, 3.8) is 0 Å². The summed E-state index contributed by atoms with van der Waals surface area (Å²) in [6, 6.07) is 12.5. The molecule has 1 aliphatic rings. The van der Waals surface area contributed by atoms with Gasteiger partial charge in [-0.2, -0.15) is 0 Å². The number of methoxy groups -OCH3 is 2. The van der Waals surface area contributed by atoms with Gasteiger partial charge in [0.15, 0.2) is 0 Å². The van der Waals surface area contributed by atoms with Crippen LogP contribution in [-0.4, -0.2) is 30.4 Å². The van der Waals surface area contributed by atoms with Crippen LogP contribution in [0.5, 0.6) is 28.7 Å². The molecule has 2 N–H and O–H groups in total. The third-order valence-electron chi connectivity index (χ3n) is 5.96. The smallest absolute Gasteiger partial charge is 0.312 e. The predicted molar refractivity (Wildman–Crippen MR) is 123 cm³/mol. The number of benzene rings is 3. The van der Waals surface area contributed by atoms with Crippen LogP contribution in [0.4, 0.5) is 0 Å². The van der Waals surface area contributed by atoms with Gasteiger partial charge in [-0.05, 0) is 35.9 Å². The van der Waals surface area contributed by atoms with Gasteiger partial charge in [0.25, 0.3) is 0 Å². The van der Waals surface area contributed by atoms with Crippen LogP contribution in [0.25, 0.3) is 22.1 Å². The molecule has 2 heterocycles. The maximum atomic E-state index is 13.4. The Labute approximate surface area is 193 Å². The van der Waals surface area contributed by atoms with E-state index in [2.05, 4.69) is 0 Å². The Morgan fingerprint density at radius 3 is 2.44 bits per heavy atom. The summed E-state index contributed by atoms with van der Waals surface area (Å²) in [5.74, 6) is -0.184. The molecule has 1 aromatic heterocycles.